The number of piperidine rings is 2. The Morgan fingerprint density at radius 1 is 1.24 bits per heavy atom. The van der Waals surface area contributed by atoms with Crippen molar-refractivity contribution in [3.63, 3.8) is 0 Å². The predicted octanol–water partition coefficient (Wildman–Crippen LogP) is 3.66. The van der Waals surface area contributed by atoms with E-state index in [1.807, 2.05) is 19.1 Å². The van der Waals surface area contributed by atoms with Crippen LogP contribution in [-0.2, 0) is 0 Å². The van der Waals surface area contributed by atoms with Crippen LogP contribution in [0.1, 0.15) is 50.5 Å². The molecule has 1 atom stereocenters. The van der Waals surface area contributed by atoms with Crippen molar-refractivity contribution in [1.29, 1.82) is 0 Å². The molecule has 0 unspecified atom stereocenters. The molecule has 2 N–H and O–H groups in total. The second kappa shape index (κ2) is 9.20. The van der Waals surface area contributed by atoms with Crippen LogP contribution in [0.5, 0.6) is 0 Å². The number of nitrogens with one attached hydrogen (secondary N) is 2. The molecule has 2 aliphatic heterocycles. The van der Waals surface area contributed by atoms with E-state index in [0.29, 0.717) is 6.04 Å². The van der Waals surface area contributed by atoms with Crippen LogP contribution in [0.15, 0.2) is 18.2 Å². The number of halogens is 1. The van der Waals surface area contributed by atoms with E-state index in [9.17, 15) is 0 Å². The van der Waals surface area contributed by atoms with E-state index in [-0.39, 0.29) is 0 Å². The smallest absolute Gasteiger partial charge is 0.173 e. The molecule has 0 saturated carbocycles. The molecule has 1 aromatic rings. The molecule has 1 aromatic carbocycles. The Balaban J connectivity index is 1.59. The number of nitrogens with zero attached hydrogens (tertiary/aromatic N) is 1. The van der Waals surface area contributed by atoms with Gasteiger partial charge < -0.3 is 15.1 Å². The lowest BCUT2D eigenvalue weighted by atomic mass is 9.99. The van der Waals surface area contributed by atoms with E-state index in [4.69, 9.17) is 23.8 Å². The molecule has 3 rings (SSSR count). The van der Waals surface area contributed by atoms with Gasteiger partial charge in [0.1, 0.15) is 0 Å². The molecule has 0 spiro atoms. The van der Waals surface area contributed by atoms with Crippen molar-refractivity contribution < 1.29 is 4.90 Å². The summed E-state index contributed by atoms with van der Waals surface area (Å²) in [7, 11) is 0. The number of quaternary nitrogens is 1. The van der Waals surface area contributed by atoms with Gasteiger partial charge in [0.05, 0.1) is 19.6 Å². The second-order valence-electron chi connectivity index (χ2n) is 7.53. The number of rotatable bonds is 4. The van der Waals surface area contributed by atoms with Gasteiger partial charge in [0.15, 0.2) is 5.11 Å². The van der Waals surface area contributed by atoms with Crippen molar-refractivity contribution in [3.05, 3.63) is 28.8 Å². The van der Waals surface area contributed by atoms with Gasteiger partial charge >= 0.3 is 0 Å². The van der Waals surface area contributed by atoms with E-state index in [1.54, 1.807) is 4.90 Å². The van der Waals surface area contributed by atoms with E-state index in [0.717, 1.165) is 27.9 Å². The summed E-state index contributed by atoms with van der Waals surface area (Å²) in [6.07, 6.45) is 9.32. The Hall–Kier alpha value is -0.840. The molecule has 3 nitrogen and oxygen atoms in total. The highest BCUT2D eigenvalue weighted by molar-refractivity contribution is 7.80. The number of hydrogen-bond acceptors (Lipinski definition) is 1. The third kappa shape index (κ3) is 5.08. The molecule has 2 aliphatic rings. The summed E-state index contributed by atoms with van der Waals surface area (Å²) in [6.45, 7) is 7.13. The number of anilines is 1. The van der Waals surface area contributed by atoms with E-state index >= 15 is 0 Å². The van der Waals surface area contributed by atoms with Crippen LogP contribution in [0, 0.1) is 6.92 Å². The highest BCUT2D eigenvalue weighted by atomic mass is 35.5. The molecule has 2 saturated heterocycles. The molecular weight excluding hydrogens is 350 g/mol. The zero-order chi connectivity index (χ0) is 17.6. The zero-order valence-electron chi connectivity index (χ0n) is 15.3. The number of benzene rings is 1. The highest BCUT2D eigenvalue weighted by Crippen LogP contribution is 2.25. The van der Waals surface area contributed by atoms with Crippen molar-refractivity contribution in [2.75, 3.05) is 31.5 Å². The first-order chi connectivity index (χ1) is 12.1. The van der Waals surface area contributed by atoms with Gasteiger partial charge in [-0.15, -0.1) is 0 Å². The summed E-state index contributed by atoms with van der Waals surface area (Å²) in [4.78, 5) is 4.23. The first-order valence-electron chi connectivity index (χ1n) is 9.81. The molecule has 2 fully saturated rings. The lowest BCUT2D eigenvalue weighted by Crippen LogP contribution is -3.12. The maximum Gasteiger partial charge on any atom is 0.173 e. The van der Waals surface area contributed by atoms with Crippen LogP contribution in [0.4, 0.5) is 5.69 Å². The summed E-state index contributed by atoms with van der Waals surface area (Å²) in [6, 6.07) is 6.55. The van der Waals surface area contributed by atoms with Crippen molar-refractivity contribution in [2.45, 2.75) is 57.9 Å². The second-order valence-corrected chi connectivity index (χ2v) is 8.33. The van der Waals surface area contributed by atoms with Gasteiger partial charge in [-0.25, -0.2) is 0 Å². The van der Waals surface area contributed by atoms with Crippen molar-refractivity contribution >= 4 is 34.6 Å². The average molecular weight is 381 g/mol. The van der Waals surface area contributed by atoms with Crippen LogP contribution in [0.2, 0.25) is 5.02 Å². The summed E-state index contributed by atoms with van der Waals surface area (Å²) >= 11 is 12.0. The Morgan fingerprint density at radius 3 is 2.84 bits per heavy atom. The van der Waals surface area contributed by atoms with Gasteiger partial charge in [-0.2, -0.15) is 0 Å². The van der Waals surface area contributed by atoms with Crippen molar-refractivity contribution in [3.8, 4) is 0 Å². The van der Waals surface area contributed by atoms with E-state index in [2.05, 4.69) is 16.3 Å². The van der Waals surface area contributed by atoms with E-state index < -0.39 is 0 Å². The monoisotopic (exact) mass is 380 g/mol. The minimum atomic E-state index is 0.586. The molecule has 2 heterocycles. The number of hydrogen-bond donors (Lipinski definition) is 2. The summed E-state index contributed by atoms with van der Waals surface area (Å²) in [5.41, 5.74) is 2.10. The van der Waals surface area contributed by atoms with Crippen molar-refractivity contribution in [2.24, 2.45) is 0 Å². The highest BCUT2D eigenvalue weighted by Gasteiger charge is 2.26. The zero-order valence-corrected chi connectivity index (χ0v) is 16.9. The molecule has 25 heavy (non-hydrogen) atoms. The molecule has 0 aromatic heterocycles. The topological polar surface area (TPSA) is 19.7 Å². The van der Waals surface area contributed by atoms with Gasteiger partial charge in [-0.1, -0.05) is 17.7 Å². The molecule has 138 valence electrons. The normalized spacial score (nSPS) is 22.0. The van der Waals surface area contributed by atoms with Crippen LogP contribution < -0.4 is 10.2 Å². The van der Waals surface area contributed by atoms with Gasteiger partial charge in [-0.05, 0) is 75.4 Å². The minimum absolute atomic E-state index is 0.586. The van der Waals surface area contributed by atoms with E-state index in [1.165, 1.54) is 64.6 Å². The molecule has 0 radical (unpaired) electrons. The van der Waals surface area contributed by atoms with Crippen LogP contribution in [0.25, 0.3) is 0 Å². The summed E-state index contributed by atoms with van der Waals surface area (Å²) in [5.74, 6) is 0. The Bertz CT molecular complexity index is 586. The molecular formula is C20H31ClN3S+. The first-order valence-corrected chi connectivity index (χ1v) is 10.6. The third-order valence-corrected chi connectivity index (χ3v) is 6.54. The summed E-state index contributed by atoms with van der Waals surface area (Å²) in [5, 5.41) is 5.11. The first kappa shape index (κ1) is 18.9. The van der Waals surface area contributed by atoms with Gasteiger partial charge in [0, 0.05) is 29.7 Å². The van der Waals surface area contributed by atoms with Gasteiger partial charge in [0.2, 0.25) is 0 Å². The lowest BCUT2D eigenvalue weighted by Gasteiger charge is -2.38. The fraction of sp³-hybridized carbons (Fsp3) is 0.650. The lowest BCUT2D eigenvalue weighted by molar-refractivity contribution is -0.905. The molecule has 0 bridgehead atoms. The summed E-state index contributed by atoms with van der Waals surface area (Å²) < 4.78 is 0. The maximum absolute atomic E-state index is 6.25. The predicted molar refractivity (Wildman–Crippen MR) is 111 cm³/mol. The van der Waals surface area contributed by atoms with Crippen LogP contribution >= 0.6 is 23.8 Å². The Morgan fingerprint density at radius 2 is 2.04 bits per heavy atom. The average Bonchev–Trinajstić information content (AvgIpc) is 2.65. The quantitative estimate of drug-likeness (QED) is 0.778. The molecule has 5 heteroatoms. The SMILES string of the molecule is Cc1c(Cl)cccc1NC(=S)N1CCCC[C@H]1CC[NH+]1CCCCC1. The third-order valence-electron chi connectivity index (χ3n) is 5.79. The van der Waals surface area contributed by atoms with Crippen molar-refractivity contribution in [1.82, 2.24) is 4.90 Å². The Labute approximate surface area is 162 Å². The maximum atomic E-state index is 6.25. The number of likely N-dealkylation sites (tertiary alicyclic amines) is 2. The standard InChI is InChI=1S/C20H30ClN3S/c1-16-18(21)9-7-10-19(16)22-20(25)24-14-6-3-8-17(24)11-15-23-12-4-2-5-13-23/h7,9-10,17H,2-6,8,11-15H2,1H3,(H,22,25)/p+1/t17-/m0/s1. The number of thiocarbonyl (C=S) groups is 1. The molecule has 0 aliphatic carbocycles. The van der Waals surface area contributed by atoms with Gasteiger partial charge in [0.25, 0.3) is 0 Å². The van der Waals surface area contributed by atoms with Crippen LogP contribution in [0.3, 0.4) is 0 Å². The largest absolute Gasteiger partial charge is 0.346 e. The molecule has 0 amide bonds. The Kier molecular flexibility index (Phi) is 6.97. The minimum Gasteiger partial charge on any atom is -0.346 e. The fourth-order valence-electron chi connectivity index (χ4n) is 4.17. The van der Waals surface area contributed by atoms with Gasteiger partial charge in [-0.3, -0.25) is 0 Å². The van der Waals surface area contributed by atoms with Crippen LogP contribution in [-0.4, -0.2) is 42.2 Å². The fourth-order valence-corrected chi connectivity index (χ4v) is 4.70.